The zero-order valence-corrected chi connectivity index (χ0v) is 11.2. The average molecular weight is 283 g/mol. The highest BCUT2D eigenvalue weighted by molar-refractivity contribution is 7.20. The number of aromatic nitrogens is 2. The molecule has 3 N–H and O–H groups in total. The Morgan fingerprint density at radius 1 is 1.58 bits per heavy atom. The maximum atomic E-state index is 11.9. The van der Waals surface area contributed by atoms with Crippen molar-refractivity contribution in [1.29, 1.82) is 0 Å². The molecular formula is C11H13N3O4S. The van der Waals surface area contributed by atoms with Gasteiger partial charge in [0.15, 0.2) is 6.04 Å². The lowest BCUT2D eigenvalue weighted by molar-refractivity contribution is -0.140. The van der Waals surface area contributed by atoms with E-state index in [0.29, 0.717) is 4.88 Å². The van der Waals surface area contributed by atoms with Crippen LogP contribution in [0.15, 0.2) is 6.07 Å². The summed E-state index contributed by atoms with van der Waals surface area (Å²) in [4.78, 5) is 23.9. The van der Waals surface area contributed by atoms with Crippen LogP contribution in [0.4, 0.5) is 0 Å². The van der Waals surface area contributed by atoms with Crippen molar-refractivity contribution in [2.24, 2.45) is 7.05 Å². The normalized spacial score (nSPS) is 12.6. The molecule has 0 bridgehead atoms. The molecule has 0 aliphatic carbocycles. The van der Waals surface area contributed by atoms with E-state index in [1.807, 2.05) is 6.92 Å². The van der Waals surface area contributed by atoms with E-state index >= 15 is 0 Å². The lowest BCUT2D eigenvalue weighted by atomic mass is 10.2. The Kier molecular flexibility index (Phi) is 3.54. The summed E-state index contributed by atoms with van der Waals surface area (Å²) in [5.41, 5.74) is 0.810. The molecule has 1 atom stereocenters. The van der Waals surface area contributed by atoms with E-state index in [0.717, 1.165) is 15.9 Å². The van der Waals surface area contributed by atoms with Crippen LogP contribution in [0.3, 0.4) is 0 Å². The van der Waals surface area contributed by atoms with Gasteiger partial charge in [0, 0.05) is 12.4 Å². The predicted molar refractivity (Wildman–Crippen MR) is 69.3 cm³/mol. The van der Waals surface area contributed by atoms with Gasteiger partial charge >= 0.3 is 5.97 Å². The third kappa shape index (κ3) is 2.45. The first kappa shape index (κ1) is 13.5. The fraction of sp³-hybridized carbons (Fsp3) is 0.364. The molecule has 8 heteroatoms. The van der Waals surface area contributed by atoms with Crippen molar-refractivity contribution in [3.63, 3.8) is 0 Å². The molecule has 0 spiro atoms. The van der Waals surface area contributed by atoms with Gasteiger partial charge in [0.05, 0.1) is 17.2 Å². The van der Waals surface area contributed by atoms with E-state index in [9.17, 15) is 9.59 Å². The van der Waals surface area contributed by atoms with Gasteiger partial charge in [0.2, 0.25) is 0 Å². The Morgan fingerprint density at radius 3 is 2.79 bits per heavy atom. The fourth-order valence-electron chi connectivity index (χ4n) is 1.73. The first-order chi connectivity index (χ1) is 8.93. The van der Waals surface area contributed by atoms with Gasteiger partial charge in [-0.05, 0) is 13.0 Å². The molecule has 0 aliphatic rings. The molecule has 2 heterocycles. The number of carboxylic acids is 1. The SMILES string of the molecule is Cc1nn(C)c2sc(C(=O)N[C@H](CO)C(=O)O)cc12. The lowest BCUT2D eigenvalue weighted by Gasteiger charge is -2.10. The van der Waals surface area contributed by atoms with Crippen LogP contribution in [-0.4, -0.2) is 44.5 Å². The number of carbonyl (C=O) groups is 2. The molecule has 102 valence electrons. The highest BCUT2D eigenvalue weighted by Gasteiger charge is 2.21. The smallest absolute Gasteiger partial charge is 0.328 e. The Labute approximate surface area is 112 Å². The van der Waals surface area contributed by atoms with E-state index in [1.165, 1.54) is 11.3 Å². The van der Waals surface area contributed by atoms with Crippen molar-refractivity contribution in [3.05, 3.63) is 16.6 Å². The minimum atomic E-state index is -1.29. The maximum Gasteiger partial charge on any atom is 0.328 e. The van der Waals surface area contributed by atoms with Gasteiger partial charge in [-0.1, -0.05) is 0 Å². The molecular weight excluding hydrogens is 270 g/mol. The van der Waals surface area contributed by atoms with Crippen molar-refractivity contribution in [3.8, 4) is 0 Å². The predicted octanol–water partition coefficient (Wildman–Crippen LogP) is 0.119. The van der Waals surface area contributed by atoms with Crippen LogP contribution in [0.1, 0.15) is 15.4 Å². The molecule has 0 unspecified atom stereocenters. The van der Waals surface area contributed by atoms with E-state index in [1.54, 1.807) is 17.8 Å². The molecule has 0 saturated carbocycles. The van der Waals surface area contributed by atoms with Crippen molar-refractivity contribution < 1.29 is 19.8 Å². The number of aliphatic carboxylic acids is 1. The number of hydrogen-bond donors (Lipinski definition) is 3. The lowest BCUT2D eigenvalue weighted by Crippen LogP contribution is -2.43. The summed E-state index contributed by atoms with van der Waals surface area (Å²) in [5.74, 6) is -1.78. The molecule has 0 radical (unpaired) electrons. The molecule has 19 heavy (non-hydrogen) atoms. The van der Waals surface area contributed by atoms with E-state index in [2.05, 4.69) is 10.4 Å². The number of carboxylic acid groups (broad SMARTS) is 1. The second kappa shape index (κ2) is 4.98. The number of aliphatic hydroxyl groups is 1. The van der Waals surface area contributed by atoms with Crippen molar-refractivity contribution in [2.45, 2.75) is 13.0 Å². The second-order valence-electron chi connectivity index (χ2n) is 4.09. The molecule has 2 rings (SSSR count). The molecule has 0 fully saturated rings. The fourth-order valence-corrected chi connectivity index (χ4v) is 2.76. The summed E-state index contributed by atoms with van der Waals surface area (Å²) in [7, 11) is 1.78. The highest BCUT2D eigenvalue weighted by atomic mass is 32.1. The van der Waals surface area contributed by atoms with E-state index in [4.69, 9.17) is 10.2 Å². The number of aliphatic hydroxyl groups excluding tert-OH is 1. The number of carbonyl (C=O) groups excluding carboxylic acids is 1. The third-order valence-corrected chi connectivity index (χ3v) is 3.91. The minimum absolute atomic E-state index is 0.394. The summed E-state index contributed by atoms with van der Waals surface area (Å²) in [6.07, 6.45) is 0. The number of amides is 1. The molecule has 0 aromatic carbocycles. The molecule has 0 aliphatic heterocycles. The number of hydrogen-bond acceptors (Lipinski definition) is 5. The number of aryl methyl sites for hydroxylation is 2. The summed E-state index contributed by atoms with van der Waals surface area (Å²) in [6.45, 7) is 1.19. The quantitative estimate of drug-likeness (QED) is 0.739. The second-order valence-corrected chi connectivity index (χ2v) is 5.12. The average Bonchev–Trinajstić information content (AvgIpc) is 2.89. The molecule has 0 saturated heterocycles. The largest absolute Gasteiger partial charge is 0.480 e. The number of nitrogens with one attached hydrogen (secondary N) is 1. The summed E-state index contributed by atoms with van der Waals surface area (Å²) in [6, 6.07) is 0.380. The molecule has 2 aromatic rings. The van der Waals surface area contributed by atoms with Crippen LogP contribution < -0.4 is 5.32 Å². The molecule has 7 nitrogen and oxygen atoms in total. The van der Waals surface area contributed by atoms with Gasteiger partial charge in [-0.3, -0.25) is 9.48 Å². The van der Waals surface area contributed by atoms with Crippen LogP contribution in [0.5, 0.6) is 0 Å². The first-order valence-corrected chi connectivity index (χ1v) is 6.33. The van der Waals surface area contributed by atoms with Gasteiger partial charge in [-0.2, -0.15) is 5.10 Å². The first-order valence-electron chi connectivity index (χ1n) is 5.51. The van der Waals surface area contributed by atoms with Crippen LogP contribution >= 0.6 is 11.3 Å². The van der Waals surface area contributed by atoms with Gasteiger partial charge in [-0.25, -0.2) is 4.79 Å². The van der Waals surface area contributed by atoms with Gasteiger partial charge < -0.3 is 15.5 Å². The summed E-state index contributed by atoms with van der Waals surface area (Å²) < 4.78 is 1.67. The topological polar surface area (TPSA) is 104 Å². The zero-order chi connectivity index (χ0) is 14.2. The third-order valence-electron chi connectivity index (χ3n) is 2.71. The van der Waals surface area contributed by atoms with Gasteiger partial charge in [0.1, 0.15) is 4.83 Å². The number of nitrogens with zero attached hydrogens (tertiary/aromatic N) is 2. The number of thiophene rings is 1. The Morgan fingerprint density at radius 2 is 2.26 bits per heavy atom. The van der Waals surface area contributed by atoms with Crippen LogP contribution in [0.2, 0.25) is 0 Å². The van der Waals surface area contributed by atoms with Gasteiger partial charge in [0.25, 0.3) is 5.91 Å². The zero-order valence-electron chi connectivity index (χ0n) is 10.4. The minimum Gasteiger partial charge on any atom is -0.480 e. The maximum absolute atomic E-state index is 11.9. The number of rotatable bonds is 4. The monoisotopic (exact) mass is 283 g/mol. The van der Waals surface area contributed by atoms with Crippen LogP contribution in [0.25, 0.3) is 10.2 Å². The Hall–Kier alpha value is -1.93. The van der Waals surface area contributed by atoms with Crippen LogP contribution in [0, 0.1) is 6.92 Å². The standard InChI is InChI=1S/C11H13N3O4S/c1-5-6-3-8(19-10(6)14(2)13-5)9(16)12-7(4-15)11(17)18/h3,7,15H,4H2,1-2H3,(H,12,16)(H,17,18)/t7-/m1/s1. The van der Waals surface area contributed by atoms with E-state index in [-0.39, 0.29) is 0 Å². The van der Waals surface area contributed by atoms with Gasteiger partial charge in [-0.15, -0.1) is 11.3 Å². The highest BCUT2D eigenvalue weighted by Crippen LogP contribution is 2.27. The van der Waals surface area contributed by atoms with Crippen LogP contribution in [-0.2, 0) is 11.8 Å². The number of fused-ring (bicyclic) bond motifs is 1. The van der Waals surface area contributed by atoms with E-state index < -0.39 is 24.5 Å². The Balaban J connectivity index is 2.27. The summed E-state index contributed by atoms with van der Waals surface area (Å²) >= 11 is 1.23. The van der Waals surface area contributed by atoms with Crippen molar-refractivity contribution >= 4 is 33.4 Å². The summed E-state index contributed by atoms with van der Waals surface area (Å²) in [5, 5.41) is 25.0. The van der Waals surface area contributed by atoms with Crippen molar-refractivity contribution in [2.75, 3.05) is 6.61 Å². The molecule has 2 aromatic heterocycles. The Bertz CT molecular complexity index is 611. The van der Waals surface area contributed by atoms with Crippen molar-refractivity contribution in [1.82, 2.24) is 15.1 Å². The molecule has 1 amide bonds.